The van der Waals surface area contributed by atoms with E-state index in [1.165, 1.54) is 6.92 Å². The van der Waals surface area contributed by atoms with Crippen LogP contribution in [0, 0.1) is 0 Å². The first-order valence-electron chi connectivity index (χ1n) is 7.66. The first-order chi connectivity index (χ1) is 11.8. The molecule has 9 nitrogen and oxygen atoms in total. The van der Waals surface area contributed by atoms with Crippen molar-refractivity contribution in [3.63, 3.8) is 0 Å². The van der Waals surface area contributed by atoms with Crippen molar-refractivity contribution < 1.29 is 24.3 Å². The van der Waals surface area contributed by atoms with E-state index >= 15 is 0 Å². The third kappa shape index (κ3) is 7.44. The minimum atomic E-state index is -1.18. The molecule has 0 aliphatic rings. The summed E-state index contributed by atoms with van der Waals surface area (Å²) in [6.07, 6.45) is 0.228. The van der Waals surface area contributed by atoms with E-state index in [1.54, 1.807) is 24.3 Å². The molecule has 9 heteroatoms. The minimum absolute atomic E-state index is 0.228. The molecule has 136 valence electrons. The van der Waals surface area contributed by atoms with Gasteiger partial charge in [0.2, 0.25) is 17.7 Å². The zero-order valence-corrected chi connectivity index (χ0v) is 13.8. The van der Waals surface area contributed by atoms with E-state index < -0.39 is 42.3 Å². The molecule has 0 aromatic heterocycles. The molecule has 1 aromatic rings. The lowest BCUT2D eigenvalue weighted by atomic mass is 10.1. The smallest absolute Gasteiger partial charge is 0.325 e. The quantitative estimate of drug-likeness (QED) is 0.361. The Kier molecular flexibility index (Phi) is 8.07. The highest BCUT2D eigenvalue weighted by Crippen LogP contribution is 2.03. The van der Waals surface area contributed by atoms with Gasteiger partial charge < -0.3 is 26.8 Å². The molecule has 0 saturated carbocycles. The molecule has 6 N–H and O–H groups in total. The molecule has 0 bridgehead atoms. The second kappa shape index (κ2) is 10.0. The van der Waals surface area contributed by atoms with E-state index in [-0.39, 0.29) is 13.0 Å². The largest absolute Gasteiger partial charge is 0.480 e. The maximum Gasteiger partial charge on any atom is 0.325 e. The SMILES string of the molecule is C[C@H](NC(=O)CNC(=O)[C@H](Cc1ccccc1)NC(=O)CN)C(=O)O. The van der Waals surface area contributed by atoms with Gasteiger partial charge in [-0.1, -0.05) is 30.3 Å². The normalized spacial score (nSPS) is 12.6. The standard InChI is InChI=1S/C16H22N4O5/c1-10(16(24)25)19-14(22)9-18-15(23)12(20-13(21)8-17)7-11-5-3-2-4-6-11/h2-6,10,12H,7-9,17H2,1H3,(H,18,23)(H,19,22)(H,20,21)(H,24,25)/t10-,12-/m0/s1. The van der Waals surface area contributed by atoms with Crippen LogP contribution in [0.2, 0.25) is 0 Å². The maximum atomic E-state index is 12.3. The first kappa shape index (κ1) is 20.1. The van der Waals surface area contributed by atoms with E-state index in [1.807, 2.05) is 6.07 Å². The topological polar surface area (TPSA) is 151 Å². The Bertz CT molecular complexity index is 620. The van der Waals surface area contributed by atoms with Crippen LogP contribution in [-0.2, 0) is 25.6 Å². The molecule has 25 heavy (non-hydrogen) atoms. The predicted octanol–water partition coefficient (Wildman–Crippen LogP) is -1.62. The summed E-state index contributed by atoms with van der Waals surface area (Å²) < 4.78 is 0. The van der Waals surface area contributed by atoms with Crippen LogP contribution in [0.25, 0.3) is 0 Å². The highest BCUT2D eigenvalue weighted by molar-refractivity contribution is 5.92. The average molecular weight is 350 g/mol. The molecular weight excluding hydrogens is 328 g/mol. The van der Waals surface area contributed by atoms with Crippen molar-refractivity contribution >= 4 is 23.7 Å². The van der Waals surface area contributed by atoms with Gasteiger partial charge in [-0.2, -0.15) is 0 Å². The number of carboxylic acids is 1. The number of hydrogen-bond donors (Lipinski definition) is 5. The summed E-state index contributed by atoms with van der Waals surface area (Å²) in [5.41, 5.74) is 6.08. The number of carboxylic acid groups (broad SMARTS) is 1. The molecule has 1 aromatic carbocycles. The van der Waals surface area contributed by atoms with Crippen molar-refractivity contribution in [2.45, 2.75) is 25.4 Å². The van der Waals surface area contributed by atoms with E-state index in [2.05, 4.69) is 16.0 Å². The number of rotatable bonds is 9. The number of carbonyl (C=O) groups is 4. The van der Waals surface area contributed by atoms with Crippen LogP contribution in [0.5, 0.6) is 0 Å². The van der Waals surface area contributed by atoms with Gasteiger partial charge in [-0.05, 0) is 12.5 Å². The van der Waals surface area contributed by atoms with Crippen molar-refractivity contribution in [3.8, 4) is 0 Å². The molecule has 0 saturated heterocycles. The fourth-order valence-corrected chi connectivity index (χ4v) is 1.96. The van der Waals surface area contributed by atoms with E-state index in [0.717, 1.165) is 5.56 Å². The number of carbonyl (C=O) groups excluding carboxylic acids is 3. The van der Waals surface area contributed by atoms with Gasteiger partial charge in [-0.3, -0.25) is 19.2 Å². The van der Waals surface area contributed by atoms with Gasteiger partial charge in [-0.25, -0.2) is 0 Å². The van der Waals surface area contributed by atoms with Gasteiger partial charge in [0, 0.05) is 6.42 Å². The van der Waals surface area contributed by atoms with Crippen LogP contribution >= 0.6 is 0 Å². The maximum absolute atomic E-state index is 12.3. The molecule has 1 rings (SSSR count). The number of nitrogens with one attached hydrogen (secondary N) is 3. The van der Waals surface area contributed by atoms with Gasteiger partial charge in [-0.15, -0.1) is 0 Å². The minimum Gasteiger partial charge on any atom is -0.480 e. The number of benzene rings is 1. The van der Waals surface area contributed by atoms with Crippen LogP contribution in [0.3, 0.4) is 0 Å². The zero-order chi connectivity index (χ0) is 18.8. The summed E-state index contributed by atoms with van der Waals surface area (Å²) in [5.74, 6) is -2.90. The first-order valence-corrected chi connectivity index (χ1v) is 7.66. The van der Waals surface area contributed by atoms with Gasteiger partial charge in [0.1, 0.15) is 12.1 Å². The summed E-state index contributed by atoms with van der Waals surface area (Å²) in [6.45, 7) is 0.636. The molecule has 0 heterocycles. The van der Waals surface area contributed by atoms with Crippen LogP contribution in [0.15, 0.2) is 30.3 Å². The summed E-state index contributed by atoms with van der Waals surface area (Å²) in [4.78, 5) is 46.1. The Morgan fingerprint density at radius 3 is 2.28 bits per heavy atom. The highest BCUT2D eigenvalue weighted by atomic mass is 16.4. The fraction of sp³-hybridized carbons (Fsp3) is 0.375. The van der Waals surface area contributed by atoms with Crippen LogP contribution in [-0.4, -0.2) is 54.0 Å². The van der Waals surface area contributed by atoms with E-state index in [9.17, 15) is 19.2 Å². The lowest BCUT2D eigenvalue weighted by Gasteiger charge is -2.18. The number of aliphatic carboxylic acids is 1. The molecular formula is C16H22N4O5. The van der Waals surface area contributed by atoms with Gasteiger partial charge in [0.15, 0.2) is 0 Å². The van der Waals surface area contributed by atoms with Gasteiger partial charge >= 0.3 is 5.97 Å². The lowest BCUT2D eigenvalue weighted by molar-refractivity contribution is -0.141. The van der Waals surface area contributed by atoms with E-state index in [4.69, 9.17) is 10.8 Å². The average Bonchev–Trinajstić information content (AvgIpc) is 2.59. The van der Waals surface area contributed by atoms with Crippen molar-refractivity contribution in [1.29, 1.82) is 0 Å². The Hall–Kier alpha value is -2.94. The molecule has 0 aliphatic heterocycles. The Balaban J connectivity index is 2.64. The molecule has 0 unspecified atom stereocenters. The molecule has 0 spiro atoms. The van der Waals surface area contributed by atoms with Gasteiger partial charge in [0.25, 0.3) is 0 Å². The number of nitrogens with two attached hydrogens (primary N) is 1. The Morgan fingerprint density at radius 2 is 1.72 bits per heavy atom. The van der Waals surface area contributed by atoms with Crippen molar-refractivity contribution in [3.05, 3.63) is 35.9 Å². The lowest BCUT2D eigenvalue weighted by Crippen LogP contribution is -2.52. The molecule has 0 fully saturated rings. The van der Waals surface area contributed by atoms with Crippen molar-refractivity contribution in [2.75, 3.05) is 13.1 Å². The number of hydrogen-bond acceptors (Lipinski definition) is 5. The molecule has 3 amide bonds. The monoisotopic (exact) mass is 350 g/mol. The van der Waals surface area contributed by atoms with Gasteiger partial charge in [0.05, 0.1) is 13.1 Å². The molecule has 0 aliphatic carbocycles. The third-order valence-electron chi connectivity index (χ3n) is 3.29. The zero-order valence-electron chi connectivity index (χ0n) is 13.8. The third-order valence-corrected chi connectivity index (χ3v) is 3.29. The Labute approximate surface area is 145 Å². The number of amides is 3. The fourth-order valence-electron chi connectivity index (χ4n) is 1.96. The summed E-state index contributed by atoms with van der Waals surface area (Å²) in [7, 11) is 0. The molecule has 0 radical (unpaired) electrons. The van der Waals surface area contributed by atoms with Crippen molar-refractivity contribution in [1.82, 2.24) is 16.0 Å². The highest BCUT2D eigenvalue weighted by Gasteiger charge is 2.22. The van der Waals surface area contributed by atoms with E-state index in [0.29, 0.717) is 0 Å². The summed E-state index contributed by atoms with van der Waals surface area (Å²) in [5, 5.41) is 15.8. The Morgan fingerprint density at radius 1 is 1.08 bits per heavy atom. The van der Waals surface area contributed by atoms with Crippen LogP contribution in [0.1, 0.15) is 12.5 Å². The van der Waals surface area contributed by atoms with Crippen LogP contribution in [0.4, 0.5) is 0 Å². The predicted molar refractivity (Wildman–Crippen MR) is 89.4 cm³/mol. The van der Waals surface area contributed by atoms with Crippen molar-refractivity contribution in [2.24, 2.45) is 5.73 Å². The second-order valence-corrected chi connectivity index (χ2v) is 5.36. The summed E-state index contributed by atoms with van der Waals surface area (Å²) in [6, 6.07) is 7.06. The van der Waals surface area contributed by atoms with Crippen LogP contribution < -0.4 is 21.7 Å². The molecule has 2 atom stereocenters. The summed E-state index contributed by atoms with van der Waals surface area (Å²) >= 11 is 0. The second-order valence-electron chi connectivity index (χ2n) is 5.36.